The second-order valence-electron chi connectivity index (χ2n) is 3.01. The Balaban J connectivity index is 2.70. The first-order chi connectivity index (χ1) is 7.04. The van der Waals surface area contributed by atoms with Crippen molar-refractivity contribution in [2.45, 2.75) is 13.0 Å². The lowest BCUT2D eigenvalue weighted by atomic mass is 10.3. The first kappa shape index (κ1) is 11.6. The standard InChI is InChI=1S/C8H11N3O3S/c1-5(4-9)10-8(12)6-2-3-7(15-6)11(13)14/h2-3,5H,4,9H2,1H3,(H,10,12)/t5-/m0/s1. The molecule has 15 heavy (non-hydrogen) atoms. The van der Waals surface area contributed by atoms with Gasteiger partial charge in [-0.1, -0.05) is 11.3 Å². The molecule has 3 N–H and O–H groups in total. The monoisotopic (exact) mass is 229 g/mol. The zero-order chi connectivity index (χ0) is 11.4. The number of carbonyl (C=O) groups is 1. The Kier molecular flexibility index (Phi) is 3.75. The molecular formula is C8H11N3O3S. The van der Waals surface area contributed by atoms with E-state index in [0.29, 0.717) is 11.4 Å². The zero-order valence-corrected chi connectivity index (χ0v) is 8.91. The molecule has 0 aliphatic heterocycles. The predicted molar refractivity (Wildman–Crippen MR) is 57.0 cm³/mol. The molecule has 0 spiro atoms. The molecule has 0 saturated heterocycles. The maximum absolute atomic E-state index is 11.5. The minimum absolute atomic E-state index is 0.0412. The number of amides is 1. The van der Waals surface area contributed by atoms with E-state index >= 15 is 0 Å². The maximum atomic E-state index is 11.5. The number of rotatable bonds is 4. The molecule has 0 radical (unpaired) electrons. The highest BCUT2D eigenvalue weighted by molar-refractivity contribution is 7.17. The number of hydrogen-bond acceptors (Lipinski definition) is 5. The fourth-order valence-electron chi connectivity index (χ4n) is 0.902. The fraction of sp³-hybridized carbons (Fsp3) is 0.375. The highest BCUT2D eigenvalue weighted by atomic mass is 32.1. The van der Waals surface area contributed by atoms with Gasteiger partial charge >= 0.3 is 5.00 Å². The summed E-state index contributed by atoms with van der Waals surface area (Å²) in [5.41, 5.74) is 5.33. The summed E-state index contributed by atoms with van der Waals surface area (Å²) in [6.07, 6.45) is 0. The SMILES string of the molecule is C[C@@H](CN)NC(=O)c1ccc([N+](=O)[O-])s1. The molecule has 1 heterocycles. The topological polar surface area (TPSA) is 98.3 Å². The highest BCUT2D eigenvalue weighted by Crippen LogP contribution is 2.23. The molecule has 0 aliphatic rings. The fourth-order valence-corrected chi connectivity index (χ4v) is 1.63. The number of thiophene rings is 1. The van der Waals surface area contributed by atoms with Gasteiger partial charge in [0.25, 0.3) is 5.91 Å². The average molecular weight is 229 g/mol. The third-order valence-electron chi connectivity index (χ3n) is 1.73. The van der Waals surface area contributed by atoms with Crippen LogP contribution in [0.2, 0.25) is 0 Å². The first-order valence-electron chi connectivity index (χ1n) is 4.29. The van der Waals surface area contributed by atoms with Crippen LogP contribution in [0.25, 0.3) is 0 Å². The van der Waals surface area contributed by atoms with Gasteiger partial charge in [-0.2, -0.15) is 0 Å². The first-order valence-corrected chi connectivity index (χ1v) is 5.11. The molecule has 1 rings (SSSR count). The van der Waals surface area contributed by atoms with E-state index in [0.717, 1.165) is 11.3 Å². The van der Waals surface area contributed by atoms with Crippen LogP contribution in [0.4, 0.5) is 5.00 Å². The molecule has 6 nitrogen and oxygen atoms in total. The molecule has 0 bridgehead atoms. The molecule has 0 unspecified atom stereocenters. The van der Waals surface area contributed by atoms with Crippen molar-refractivity contribution in [3.8, 4) is 0 Å². The van der Waals surface area contributed by atoms with Gasteiger partial charge in [0, 0.05) is 18.7 Å². The molecule has 1 aromatic rings. The minimum Gasteiger partial charge on any atom is -0.348 e. The number of carbonyl (C=O) groups excluding carboxylic acids is 1. The van der Waals surface area contributed by atoms with Crippen molar-refractivity contribution < 1.29 is 9.72 Å². The minimum atomic E-state index is -0.520. The number of nitrogens with one attached hydrogen (secondary N) is 1. The Morgan fingerprint density at radius 2 is 2.40 bits per heavy atom. The number of nitro groups is 1. The summed E-state index contributed by atoms with van der Waals surface area (Å²) in [5.74, 6) is -0.328. The van der Waals surface area contributed by atoms with Crippen molar-refractivity contribution in [2.24, 2.45) is 5.73 Å². The summed E-state index contributed by atoms with van der Waals surface area (Å²) in [7, 11) is 0. The van der Waals surface area contributed by atoms with E-state index in [2.05, 4.69) is 5.32 Å². The third kappa shape index (κ3) is 3.00. The molecule has 7 heteroatoms. The Bertz CT molecular complexity index is 377. The Morgan fingerprint density at radius 3 is 2.87 bits per heavy atom. The molecule has 0 aromatic carbocycles. The normalized spacial score (nSPS) is 12.1. The lowest BCUT2D eigenvalue weighted by Crippen LogP contribution is -2.37. The lowest BCUT2D eigenvalue weighted by molar-refractivity contribution is -0.380. The van der Waals surface area contributed by atoms with Crippen LogP contribution in [0.5, 0.6) is 0 Å². The molecule has 1 amide bonds. The molecule has 0 aliphatic carbocycles. The van der Waals surface area contributed by atoms with Gasteiger partial charge in [-0.15, -0.1) is 0 Å². The van der Waals surface area contributed by atoms with Gasteiger partial charge < -0.3 is 11.1 Å². The van der Waals surface area contributed by atoms with Crippen LogP contribution in [0.1, 0.15) is 16.6 Å². The van der Waals surface area contributed by atoms with Crippen molar-refractivity contribution in [1.29, 1.82) is 0 Å². The third-order valence-corrected chi connectivity index (χ3v) is 2.76. The van der Waals surface area contributed by atoms with Crippen LogP contribution >= 0.6 is 11.3 Å². The molecule has 0 saturated carbocycles. The van der Waals surface area contributed by atoms with Crippen LogP contribution in [0.15, 0.2) is 12.1 Å². The van der Waals surface area contributed by atoms with E-state index in [1.54, 1.807) is 6.92 Å². The number of hydrogen-bond donors (Lipinski definition) is 2. The molecule has 1 aromatic heterocycles. The van der Waals surface area contributed by atoms with Crippen molar-refractivity contribution in [1.82, 2.24) is 5.32 Å². The summed E-state index contributed by atoms with van der Waals surface area (Å²) in [5, 5.41) is 13.0. The van der Waals surface area contributed by atoms with E-state index in [9.17, 15) is 14.9 Å². The Hall–Kier alpha value is -1.47. The predicted octanol–water partition coefficient (Wildman–Crippen LogP) is 0.733. The summed E-state index contributed by atoms with van der Waals surface area (Å²) >= 11 is 0.850. The van der Waals surface area contributed by atoms with Crippen LogP contribution in [-0.4, -0.2) is 23.4 Å². The highest BCUT2D eigenvalue weighted by Gasteiger charge is 2.15. The quantitative estimate of drug-likeness (QED) is 0.587. The summed E-state index contributed by atoms with van der Waals surface area (Å²) in [6.45, 7) is 2.10. The summed E-state index contributed by atoms with van der Waals surface area (Å²) < 4.78 is 0. The van der Waals surface area contributed by atoms with E-state index in [1.807, 2.05) is 0 Å². The molecule has 0 fully saturated rings. The molecule has 1 atom stereocenters. The van der Waals surface area contributed by atoms with Crippen molar-refractivity contribution in [3.05, 3.63) is 27.1 Å². The summed E-state index contributed by atoms with van der Waals surface area (Å²) in [4.78, 5) is 21.7. The van der Waals surface area contributed by atoms with Gasteiger partial charge in [0.15, 0.2) is 0 Å². The zero-order valence-electron chi connectivity index (χ0n) is 8.10. The van der Waals surface area contributed by atoms with Gasteiger partial charge in [0.2, 0.25) is 0 Å². The molecular weight excluding hydrogens is 218 g/mol. The van der Waals surface area contributed by atoms with Gasteiger partial charge in [-0.25, -0.2) is 0 Å². The molecule has 82 valence electrons. The maximum Gasteiger partial charge on any atom is 0.324 e. The Labute approximate surface area is 90.2 Å². The smallest absolute Gasteiger partial charge is 0.324 e. The van der Waals surface area contributed by atoms with Gasteiger partial charge in [0.1, 0.15) is 0 Å². The van der Waals surface area contributed by atoms with E-state index < -0.39 is 4.92 Å². The van der Waals surface area contributed by atoms with Crippen molar-refractivity contribution in [2.75, 3.05) is 6.54 Å². The van der Waals surface area contributed by atoms with Crippen LogP contribution in [0.3, 0.4) is 0 Å². The van der Waals surface area contributed by atoms with Gasteiger partial charge in [0.05, 0.1) is 9.80 Å². The van der Waals surface area contributed by atoms with Crippen LogP contribution in [0, 0.1) is 10.1 Å². The van der Waals surface area contributed by atoms with Crippen LogP contribution in [-0.2, 0) is 0 Å². The van der Waals surface area contributed by atoms with E-state index in [1.165, 1.54) is 12.1 Å². The van der Waals surface area contributed by atoms with E-state index in [4.69, 9.17) is 5.73 Å². The summed E-state index contributed by atoms with van der Waals surface area (Å²) in [6, 6.07) is 2.60. The number of nitrogens with zero attached hydrogens (tertiary/aromatic N) is 1. The van der Waals surface area contributed by atoms with Crippen molar-refractivity contribution >= 4 is 22.2 Å². The largest absolute Gasteiger partial charge is 0.348 e. The average Bonchev–Trinajstić information content (AvgIpc) is 2.66. The van der Waals surface area contributed by atoms with Crippen LogP contribution < -0.4 is 11.1 Å². The van der Waals surface area contributed by atoms with E-state index in [-0.39, 0.29) is 17.0 Å². The second kappa shape index (κ2) is 4.85. The number of nitrogens with two attached hydrogens (primary N) is 1. The lowest BCUT2D eigenvalue weighted by Gasteiger charge is -2.09. The van der Waals surface area contributed by atoms with Crippen molar-refractivity contribution in [3.63, 3.8) is 0 Å². The van der Waals surface area contributed by atoms with Gasteiger partial charge in [-0.3, -0.25) is 14.9 Å². The second-order valence-corrected chi connectivity index (χ2v) is 4.07. The van der Waals surface area contributed by atoms with Gasteiger partial charge in [-0.05, 0) is 13.0 Å². The Morgan fingerprint density at radius 1 is 1.73 bits per heavy atom.